The molecule has 0 saturated heterocycles. The maximum Gasteiger partial charge on any atom is 0.230 e. The molecule has 0 aliphatic heterocycles. The summed E-state index contributed by atoms with van der Waals surface area (Å²) in [5.41, 5.74) is 2.25. The van der Waals surface area contributed by atoms with Crippen LogP contribution < -0.4 is 10.1 Å². The molecule has 2 aromatic rings. The minimum Gasteiger partial charge on any atom is -0.485 e. The first-order valence-electron chi connectivity index (χ1n) is 9.03. The topological polar surface area (TPSA) is 69.0 Å². The highest BCUT2D eigenvalue weighted by Crippen LogP contribution is 2.22. The lowest BCUT2D eigenvalue weighted by Gasteiger charge is -2.11. The van der Waals surface area contributed by atoms with E-state index in [2.05, 4.69) is 21.6 Å². The van der Waals surface area contributed by atoms with Gasteiger partial charge in [0, 0.05) is 13.1 Å². The van der Waals surface area contributed by atoms with Gasteiger partial charge in [0.2, 0.25) is 5.91 Å². The van der Waals surface area contributed by atoms with Crippen molar-refractivity contribution < 1.29 is 9.53 Å². The summed E-state index contributed by atoms with van der Waals surface area (Å²) in [7, 11) is 1.90. The average molecular weight is 375 g/mol. The number of aromatic nitrogens is 3. The molecule has 140 valence electrons. The van der Waals surface area contributed by atoms with E-state index in [1.54, 1.807) is 0 Å². The van der Waals surface area contributed by atoms with Gasteiger partial charge in [0.05, 0.1) is 5.75 Å². The predicted octanol–water partition coefficient (Wildman–Crippen LogP) is 3.16. The minimum atomic E-state index is 0.0677. The van der Waals surface area contributed by atoms with Crippen LogP contribution in [0.4, 0.5) is 0 Å². The van der Waals surface area contributed by atoms with Crippen LogP contribution in [0.25, 0.3) is 0 Å². The average Bonchev–Trinajstić information content (AvgIpc) is 3.24. The zero-order chi connectivity index (χ0) is 18.5. The van der Waals surface area contributed by atoms with Crippen molar-refractivity contribution in [2.24, 2.45) is 7.05 Å². The lowest BCUT2D eigenvalue weighted by atomic mass is 10.1. The number of hydrogen-bond donors (Lipinski definition) is 1. The van der Waals surface area contributed by atoms with E-state index in [0.29, 0.717) is 18.4 Å². The molecule has 1 N–H and O–H groups in total. The van der Waals surface area contributed by atoms with Gasteiger partial charge in [0.25, 0.3) is 0 Å². The SMILES string of the molecule is Cc1ccc(C)c(OCc2nnc(SCC(=O)NC3CCCC3)n2C)c1. The first-order valence-corrected chi connectivity index (χ1v) is 10.0. The number of nitrogens with zero attached hydrogens (tertiary/aromatic N) is 3. The van der Waals surface area contributed by atoms with Crippen molar-refractivity contribution in [3.63, 3.8) is 0 Å². The maximum absolute atomic E-state index is 12.1. The molecule has 1 fully saturated rings. The lowest BCUT2D eigenvalue weighted by molar-refractivity contribution is -0.119. The van der Waals surface area contributed by atoms with E-state index in [0.717, 1.165) is 40.7 Å². The molecule has 0 radical (unpaired) electrons. The fourth-order valence-corrected chi connectivity index (χ4v) is 3.81. The molecular formula is C19H26N4O2S. The molecule has 0 atom stereocenters. The van der Waals surface area contributed by atoms with Crippen LogP contribution in [-0.2, 0) is 18.4 Å². The Labute approximate surface area is 158 Å². The fraction of sp³-hybridized carbons (Fsp3) is 0.526. The van der Waals surface area contributed by atoms with Gasteiger partial charge in [-0.2, -0.15) is 0 Å². The molecule has 6 nitrogen and oxygen atoms in total. The van der Waals surface area contributed by atoms with Crippen molar-refractivity contribution in [3.05, 3.63) is 35.2 Å². The van der Waals surface area contributed by atoms with Crippen LogP contribution in [0.5, 0.6) is 5.75 Å². The number of aryl methyl sites for hydroxylation is 2. The van der Waals surface area contributed by atoms with Crippen molar-refractivity contribution in [1.82, 2.24) is 20.1 Å². The molecule has 1 aromatic carbocycles. The Balaban J connectivity index is 1.52. The van der Waals surface area contributed by atoms with Gasteiger partial charge in [-0.25, -0.2) is 0 Å². The summed E-state index contributed by atoms with van der Waals surface area (Å²) in [5.74, 6) is 2.03. The van der Waals surface area contributed by atoms with Gasteiger partial charge in [-0.05, 0) is 43.9 Å². The van der Waals surface area contributed by atoms with E-state index in [9.17, 15) is 4.79 Å². The van der Waals surface area contributed by atoms with E-state index in [4.69, 9.17) is 4.74 Å². The molecule has 1 saturated carbocycles. The standard InChI is InChI=1S/C19H26N4O2S/c1-13-8-9-14(2)16(10-13)25-11-17-21-22-19(23(17)3)26-12-18(24)20-15-6-4-5-7-15/h8-10,15H,4-7,11-12H2,1-3H3,(H,20,24). The number of carbonyl (C=O) groups excluding carboxylic acids is 1. The van der Waals surface area contributed by atoms with E-state index in [1.807, 2.05) is 37.6 Å². The van der Waals surface area contributed by atoms with Gasteiger partial charge in [-0.1, -0.05) is 36.7 Å². The summed E-state index contributed by atoms with van der Waals surface area (Å²) in [4.78, 5) is 12.1. The first-order chi connectivity index (χ1) is 12.5. The third-order valence-electron chi connectivity index (χ3n) is 4.68. The van der Waals surface area contributed by atoms with Crippen LogP contribution in [0.1, 0.15) is 42.6 Å². The summed E-state index contributed by atoms with van der Waals surface area (Å²) >= 11 is 1.41. The summed E-state index contributed by atoms with van der Waals surface area (Å²) in [6.45, 7) is 4.41. The Bertz CT molecular complexity index is 769. The van der Waals surface area contributed by atoms with E-state index in [-0.39, 0.29) is 5.91 Å². The van der Waals surface area contributed by atoms with Crippen molar-refractivity contribution >= 4 is 17.7 Å². The summed E-state index contributed by atoms with van der Waals surface area (Å²) in [6.07, 6.45) is 4.62. The second-order valence-corrected chi connectivity index (χ2v) is 7.80. The molecule has 1 aliphatic carbocycles. The van der Waals surface area contributed by atoms with Gasteiger partial charge < -0.3 is 14.6 Å². The number of nitrogens with one attached hydrogen (secondary N) is 1. The number of thioether (sulfide) groups is 1. The molecule has 1 heterocycles. The van der Waals surface area contributed by atoms with Crippen LogP contribution in [0.2, 0.25) is 0 Å². The van der Waals surface area contributed by atoms with Gasteiger partial charge in [0.1, 0.15) is 12.4 Å². The molecular weight excluding hydrogens is 348 g/mol. The van der Waals surface area contributed by atoms with E-state index in [1.165, 1.54) is 24.6 Å². The van der Waals surface area contributed by atoms with Crippen LogP contribution in [0, 0.1) is 13.8 Å². The van der Waals surface area contributed by atoms with Crippen LogP contribution in [0.3, 0.4) is 0 Å². The van der Waals surface area contributed by atoms with E-state index >= 15 is 0 Å². The van der Waals surface area contributed by atoms with Gasteiger partial charge >= 0.3 is 0 Å². The van der Waals surface area contributed by atoms with E-state index < -0.39 is 0 Å². The maximum atomic E-state index is 12.1. The Morgan fingerprint density at radius 2 is 2.08 bits per heavy atom. The highest BCUT2D eigenvalue weighted by Gasteiger charge is 2.18. The molecule has 0 bridgehead atoms. The fourth-order valence-electron chi connectivity index (χ4n) is 3.07. The zero-order valence-electron chi connectivity index (χ0n) is 15.6. The Morgan fingerprint density at radius 1 is 1.31 bits per heavy atom. The van der Waals surface area contributed by atoms with Crippen molar-refractivity contribution in [3.8, 4) is 5.75 Å². The van der Waals surface area contributed by atoms with Gasteiger partial charge in [-0.15, -0.1) is 10.2 Å². The second kappa shape index (κ2) is 8.58. The van der Waals surface area contributed by atoms with Gasteiger partial charge in [-0.3, -0.25) is 4.79 Å². The number of ether oxygens (including phenoxy) is 1. The quantitative estimate of drug-likeness (QED) is 0.754. The number of amides is 1. The number of benzene rings is 1. The Kier molecular flexibility index (Phi) is 6.19. The molecule has 1 amide bonds. The second-order valence-electron chi connectivity index (χ2n) is 6.85. The molecule has 1 aliphatic rings. The molecule has 3 rings (SSSR count). The normalized spacial score (nSPS) is 14.6. The summed E-state index contributed by atoms with van der Waals surface area (Å²) in [5, 5.41) is 12.2. The Hall–Kier alpha value is -2.02. The monoisotopic (exact) mass is 374 g/mol. The van der Waals surface area contributed by atoms with Gasteiger partial charge in [0.15, 0.2) is 11.0 Å². The molecule has 26 heavy (non-hydrogen) atoms. The molecule has 0 spiro atoms. The third-order valence-corrected chi connectivity index (χ3v) is 5.70. The van der Waals surface area contributed by atoms with Crippen LogP contribution in [-0.4, -0.2) is 32.5 Å². The molecule has 7 heteroatoms. The first kappa shape index (κ1) is 18.8. The predicted molar refractivity (Wildman–Crippen MR) is 102 cm³/mol. The number of carbonyl (C=O) groups is 1. The zero-order valence-corrected chi connectivity index (χ0v) is 16.4. The molecule has 0 unspecified atom stereocenters. The summed E-state index contributed by atoms with van der Waals surface area (Å²) < 4.78 is 7.79. The van der Waals surface area contributed by atoms with Crippen molar-refractivity contribution in [2.45, 2.75) is 57.3 Å². The number of rotatable bonds is 7. The highest BCUT2D eigenvalue weighted by atomic mass is 32.2. The van der Waals surface area contributed by atoms with Crippen LogP contribution >= 0.6 is 11.8 Å². The number of hydrogen-bond acceptors (Lipinski definition) is 5. The smallest absolute Gasteiger partial charge is 0.230 e. The largest absolute Gasteiger partial charge is 0.485 e. The highest BCUT2D eigenvalue weighted by molar-refractivity contribution is 7.99. The van der Waals surface area contributed by atoms with Crippen molar-refractivity contribution in [2.75, 3.05) is 5.75 Å². The third kappa shape index (κ3) is 4.78. The van der Waals surface area contributed by atoms with Crippen LogP contribution in [0.15, 0.2) is 23.4 Å². The lowest BCUT2D eigenvalue weighted by Crippen LogP contribution is -2.33. The van der Waals surface area contributed by atoms with Crippen molar-refractivity contribution in [1.29, 1.82) is 0 Å². The summed E-state index contributed by atoms with van der Waals surface area (Å²) in [6, 6.07) is 6.49. The molecule has 1 aromatic heterocycles. The minimum absolute atomic E-state index is 0.0677. The Morgan fingerprint density at radius 3 is 2.85 bits per heavy atom.